The van der Waals surface area contributed by atoms with E-state index in [9.17, 15) is 0 Å². The zero-order chi connectivity index (χ0) is 14.5. The van der Waals surface area contributed by atoms with Crippen LogP contribution < -0.4 is 5.32 Å². The fraction of sp³-hybridized carbons (Fsp3) is 0.750. The highest BCUT2D eigenvalue weighted by Gasteiger charge is 2.19. The Bertz CT molecular complexity index is 415. The van der Waals surface area contributed by atoms with Gasteiger partial charge in [-0.3, -0.25) is 4.90 Å². The van der Waals surface area contributed by atoms with Crippen molar-refractivity contribution in [1.29, 1.82) is 0 Å². The quantitative estimate of drug-likeness (QED) is 0.861. The number of nitrogens with one attached hydrogen (secondary N) is 1. The SMILES string of the molecule is Cc1sc(CNCC(C)C)cc1CN1CCSCC1C. The van der Waals surface area contributed by atoms with Crippen molar-refractivity contribution in [3.05, 3.63) is 21.4 Å². The van der Waals surface area contributed by atoms with Crippen LogP contribution in [0.3, 0.4) is 0 Å². The second-order valence-electron chi connectivity index (χ2n) is 6.21. The fourth-order valence-corrected chi connectivity index (χ4v) is 4.64. The summed E-state index contributed by atoms with van der Waals surface area (Å²) in [7, 11) is 0. The zero-order valence-corrected chi connectivity index (χ0v) is 14.9. The van der Waals surface area contributed by atoms with Gasteiger partial charge in [0.25, 0.3) is 0 Å². The highest BCUT2D eigenvalue weighted by molar-refractivity contribution is 7.99. The summed E-state index contributed by atoms with van der Waals surface area (Å²) in [6.07, 6.45) is 0. The molecule has 1 unspecified atom stereocenters. The van der Waals surface area contributed by atoms with Crippen LogP contribution in [0.2, 0.25) is 0 Å². The molecule has 0 bridgehead atoms. The Labute approximate surface area is 132 Å². The molecule has 1 N–H and O–H groups in total. The predicted octanol–water partition coefficient (Wildman–Crippen LogP) is 3.74. The third-order valence-electron chi connectivity index (χ3n) is 3.80. The molecule has 1 saturated heterocycles. The van der Waals surface area contributed by atoms with Gasteiger partial charge in [-0.25, -0.2) is 0 Å². The summed E-state index contributed by atoms with van der Waals surface area (Å²) in [5.41, 5.74) is 1.54. The van der Waals surface area contributed by atoms with Crippen LogP contribution in [0, 0.1) is 12.8 Å². The summed E-state index contributed by atoms with van der Waals surface area (Å²) >= 11 is 4.05. The topological polar surface area (TPSA) is 15.3 Å². The average Bonchev–Trinajstić information content (AvgIpc) is 2.72. The van der Waals surface area contributed by atoms with Crippen molar-refractivity contribution in [1.82, 2.24) is 10.2 Å². The van der Waals surface area contributed by atoms with Gasteiger partial charge in [0.1, 0.15) is 0 Å². The van der Waals surface area contributed by atoms with Gasteiger partial charge in [0, 0.05) is 46.9 Å². The molecule has 1 aliphatic heterocycles. The van der Waals surface area contributed by atoms with E-state index in [1.54, 1.807) is 0 Å². The molecular formula is C16H28N2S2. The molecule has 2 heterocycles. The number of aryl methyl sites for hydroxylation is 1. The van der Waals surface area contributed by atoms with Crippen LogP contribution >= 0.6 is 23.1 Å². The third kappa shape index (κ3) is 4.76. The summed E-state index contributed by atoms with van der Waals surface area (Å²) in [5, 5.41) is 3.55. The maximum Gasteiger partial charge on any atom is 0.0300 e. The second-order valence-corrected chi connectivity index (χ2v) is 8.70. The normalized spacial score (nSPS) is 20.8. The lowest BCUT2D eigenvalue weighted by Crippen LogP contribution is -2.39. The zero-order valence-electron chi connectivity index (χ0n) is 13.2. The number of nitrogens with zero attached hydrogens (tertiary/aromatic N) is 1. The van der Waals surface area contributed by atoms with Crippen molar-refractivity contribution < 1.29 is 0 Å². The molecule has 1 aliphatic rings. The molecule has 1 aromatic rings. The van der Waals surface area contributed by atoms with E-state index in [2.05, 4.69) is 55.7 Å². The average molecular weight is 313 g/mol. The van der Waals surface area contributed by atoms with Crippen LogP contribution in [-0.4, -0.2) is 35.5 Å². The first-order chi connectivity index (χ1) is 9.56. The van der Waals surface area contributed by atoms with Crippen LogP contribution in [-0.2, 0) is 13.1 Å². The first-order valence-corrected chi connectivity index (χ1v) is 9.64. The lowest BCUT2D eigenvalue weighted by molar-refractivity contribution is 0.224. The molecule has 4 heteroatoms. The number of thioether (sulfide) groups is 1. The van der Waals surface area contributed by atoms with E-state index in [0.29, 0.717) is 0 Å². The van der Waals surface area contributed by atoms with Gasteiger partial charge in [-0.15, -0.1) is 11.3 Å². The van der Waals surface area contributed by atoms with Gasteiger partial charge in [-0.05, 0) is 37.9 Å². The molecule has 114 valence electrons. The molecular weight excluding hydrogens is 284 g/mol. The van der Waals surface area contributed by atoms with Crippen molar-refractivity contribution in [3.63, 3.8) is 0 Å². The second kappa shape index (κ2) is 7.83. The molecule has 0 saturated carbocycles. The molecule has 2 rings (SSSR count). The molecule has 1 atom stereocenters. The van der Waals surface area contributed by atoms with Crippen molar-refractivity contribution in [2.75, 3.05) is 24.6 Å². The van der Waals surface area contributed by atoms with E-state index in [1.165, 1.54) is 33.4 Å². The largest absolute Gasteiger partial charge is 0.312 e. The van der Waals surface area contributed by atoms with E-state index in [1.807, 2.05) is 11.3 Å². The van der Waals surface area contributed by atoms with Crippen LogP contribution in [0.1, 0.15) is 36.1 Å². The van der Waals surface area contributed by atoms with E-state index >= 15 is 0 Å². The highest BCUT2D eigenvalue weighted by atomic mass is 32.2. The van der Waals surface area contributed by atoms with Crippen LogP contribution in [0.5, 0.6) is 0 Å². The summed E-state index contributed by atoms with van der Waals surface area (Å²) in [6, 6.07) is 3.14. The van der Waals surface area contributed by atoms with Crippen LogP contribution in [0.15, 0.2) is 6.07 Å². The van der Waals surface area contributed by atoms with Gasteiger partial charge in [-0.1, -0.05) is 13.8 Å². The van der Waals surface area contributed by atoms with Crippen molar-refractivity contribution >= 4 is 23.1 Å². The molecule has 20 heavy (non-hydrogen) atoms. The number of hydrogen-bond acceptors (Lipinski definition) is 4. The number of rotatable bonds is 6. The molecule has 0 aliphatic carbocycles. The summed E-state index contributed by atoms with van der Waals surface area (Å²) in [4.78, 5) is 5.62. The monoisotopic (exact) mass is 312 g/mol. The van der Waals surface area contributed by atoms with Gasteiger partial charge in [-0.2, -0.15) is 11.8 Å². The maximum absolute atomic E-state index is 3.55. The van der Waals surface area contributed by atoms with Gasteiger partial charge < -0.3 is 5.32 Å². The number of thiophene rings is 1. The molecule has 0 aromatic carbocycles. The highest BCUT2D eigenvalue weighted by Crippen LogP contribution is 2.25. The molecule has 1 fully saturated rings. The minimum atomic E-state index is 0.718. The van der Waals surface area contributed by atoms with Gasteiger partial charge >= 0.3 is 0 Å². The van der Waals surface area contributed by atoms with Crippen LogP contribution in [0.4, 0.5) is 0 Å². The molecule has 2 nitrogen and oxygen atoms in total. The predicted molar refractivity (Wildman–Crippen MR) is 92.8 cm³/mol. The minimum absolute atomic E-state index is 0.718. The van der Waals surface area contributed by atoms with Gasteiger partial charge in [0.05, 0.1) is 0 Å². The fourth-order valence-electron chi connectivity index (χ4n) is 2.53. The molecule has 1 aromatic heterocycles. The Balaban J connectivity index is 1.89. The van der Waals surface area contributed by atoms with Gasteiger partial charge in [0.15, 0.2) is 0 Å². The molecule has 0 spiro atoms. The van der Waals surface area contributed by atoms with E-state index in [0.717, 1.165) is 31.6 Å². The Morgan fingerprint density at radius 3 is 2.95 bits per heavy atom. The maximum atomic E-state index is 3.55. The number of hydrogen-bond donors (Lipinski definition) is 1. The van der Waals surface area contributed by atoms with E-state index < -0.39 is 0 Å². The molecule has 0 radical (unpaired) electrons. The Kier molecular flexibility index (Phi) is 6.40. The van der Waals surface area contributed by atoms with Crippen molar-refractivity contribution in [2.45, 2.75) is 46.8 Å². The summed E-state index contributed by atoms with van der Waals surface area (Å²) < 4.78 is 0. The lowest BCUT2D eigenvalue weighted by atomic mass is 10.2. The smallest absolute Gasteiger partial charge is 0.0300 e. The Hall–Kier alpha value is -0.0300. The minimum Gasteiger partial charge on any atom is -0.312 e. The Morgan fingerprint density at radius 1 is 1.45 bits per heavy atom. The standard InChI is InChI=1S/C16H28N2S2/c1-12(2)8-17-9-16-7-15(14(4)20-16)10-18-5-6-19-11-13(18)3/h7,12-13,17H,5-6,8-11H2,1-4H3. The van der Waals surface area contributed by atoms with E-state index in [-0.39, 0.29) is 0 Å². The van der Waals surface area contributed by atoms with E-state index in [4.69, 9.17) is 0 Å². The first kappa shape index (κ1) is 16.3. The lowest BCUT2D eigenvalue weighted by Gasteiger charge is -2.32. The first-order valence-electron chi connectivity index (χ1n) is 7.67. The van der Waals surface area contributed by atoms with Gasteiger partial charge in [0.2, 0.25) is 0 Å². The van der Waals surface area contributed by atoms with Crippen LogP contribution in [0.25, 0.3) is 0 Å². The Morgan fingerprint density at radius 2 is 2.25 bits per heavy atom. The summed E-state index contributed by atoms with van der Waals surface area (Å²) in [6.45, 7) is 13.6. The molecule has 0 amide bonds. The van der Waals surface area contributed by atoms with Crippen molar-refractivity contribution in [2.24, 2.45) is 5.92 Å². The summed E-state index contributed by atoms with van der Waals surface area (Å²) in [5.74, 6) is 3.30. The third-order valence-corrected chi connectivity index (χ3v) is 6.08. The van der Waals surface area contributed by atoms with Crippen molar-refractivity contribution in [3.8, 4) is 0 Å².